The van der Waals surface area contributed by atoms with E-state index >= 15 is 0 Å². The summed E-state index contributed by atoms with van der Waals surface area (Å²) in [6.45, 7) is 4.63. The van der Waals surface area contributed by atoms with Crippen molar-refractivity contribution in [2.45, 2.75) is 70.3 Å². The molecule has 1 aromatic carbocycles. The Hall–Kier alpha value is -1.35. The van der Waals surface area contributed by atoms with Crippen LogP contribution in [0.25, 0.3) is 0 Å². The molecule has 0 unspecified atom stereocenters. The zero-order valence-electron chi connectivity index (χ0n) is 16.8. The molecule has 2 aliphatic heterocycles. The van der Waals surface area contributed by atoms with Gasteiger partial charge in [0.2, 0.25) is 5.91 Å². The van der Waals surface area contributed by atoms with Crippen molar-refractivity contribution in [3.63, 3.8) is 0 Å². The number of carbonyl (C=O) groups is 1. The Kier molecular flexibility index (Phi) is 6.49. The van der Waals surface area contributed by atoms with Gasteiger partial charge in [-0.2, -0.15) is 0 Å². The first-order chi connectivity index (χ1) is 13.3. The second kappa shape index (κ2) is 9.23. The third-order valence-corrected chi connectivity index (χ3v) is 7.19. The van der Waals surface area contributed by atoms with Crippen molar-refractivity contribution in [1.29, 1.82) is 0 Å². The molecule has 4 rings (SSSR count). The molecule has 0 N–H and O–H groups in total. The molecule has 1 aromatic rings. The zero-order chi connectivity index (χ0) is 18.5. The van der Waals surface area contributed by atoms with Gasteiger partial charge in [0.1, 0.15) is 0 Å². The lowest BCUT2D eigenvalue weighted by Gasteiger charge is -2.48. The van der Waals surface area contributed by atoms with Crippen molar-refractivity contribution >= 4 is 5.91 Å². The summed E-state index contributed by atoms with van der Waals surface area (Å²) in [5.74, 6) is 1.92. The van der Waals surface area contributed by atoms with E-state index in [2.05, 4.69) is 40.1 Å². The monoisotopic (exact) mass is 368 g/mol. The van der Waals surface area contributed by atoms with Crippen molar-refractivity contribution in [3.8, 4) is 0 Å². The average Bonchev–Trinajstić information content (AvgIpc) is 2.72. The molecule has 0 spiro atoms. The fourth-order valence-electron chi connectivity index (χ4n) is 5.67. The second-order valence-electron chi connectivity index (χ2n) is 9.09. The van der Waals surface area contributed by atoms with Crippen LogP contribution in [0.2, 0.25) is 0 Å². The van der Waals surface area contributed by atoms with Crippen molar-refractivity contribution in [2.24, 2.45) is 11.8 Å². The van der Waals surface area contributed by atoms with E-state index in [0.29, 0.717) is 17.9 Å². The molecule has 1 aliphatic carbocycles. The molecule has 3 nitrogen and oxygen atoms in total. The number of amides is 1. The summed E-state index contributed by atoms with van der Waals surface area (Å²) in [5.41, 5.74) is 1.45. The molecule has 0 radical (unpaired) electrons. The van der Waals surface area contributed by atoms with Gasteiger partial charge in [-0.15, -0.1) is 0 Å². The Morgan fingerprint density at radius 2 is 1.78 bits per heavy atom. The molecule has 2 saturated heterocycles. The standard InChI is InChI=1S/C24H36N2O/c27-24-14-13-22-19-25(16-7-12-20-8-3-1-4-9-20)17-15-23(22)26(24)18-21-10-5-2-6-11-21/h1,3-4,8-9,21-23H,2,5-7,10-19H2/t22-,23+/m1/s1. The maximum atomic E-state index is 12.6. The maximum Gasteiger partial charge on any atom is 0.222 e. The van der Waals surface area contributed by atoms with Crippen molar-refractivity contribution < 1.29 is 4.79 Å². The van der Waals surface area contributed by atoms with Crippen LogP contribution in [0.4, 0.5) is 0 Å². The Morgan fingerprint density at radius 3 is 2.59 bits per heavy atom. The van der Waals surface area contributed by atoms with Gasteiger partial charge in [0, 0.05) is 32.1 Å². The van der Waals surface area contributed by atoms with Gasteiger partial charge in [-0.3, -0.25) is 4.79 Å². The Balaban J connectivity index is 1.27. The lowest BCUT2D eigenvalue weighted by molar-refractivity contribution is -0.142. The topological polar surface area (TPSA) is 23.6 Å². The minimum absolute atomic E-state index is 0.444. The van der Waals surface area contributed by atoms with Crippen LogP contribution in [-0.4, -0.2) is 47.9 Å². The number of nitrogens with zero attached hydrogens (tertiary/aromatic N) is 2. The van der Waals surface area contributed by atoms with Gasteiger partial charge in [0.25, 0.3) is 0 Å². The lowest BCUT2D eigenvalue weighted by atomic mass is 9.81. The van der Waals surface area contributed by atoms with E-state index in [1.807, 2.05) is 0 Å². The highest BCUT2D eigenvalue weighted by molar-refractivity contribution is 5.77. The largest absolute Gasteiger partial charge is 0.339 e. The van der Waals surface area contributed by atoms with Crippen molar-refractivity contribution in [1.82, 2.24) is 9.80 Å². The van der Waals surface area contributed by atoms with Gasteiger partial charge in [-0.05, 0) is 62.5 Å². The molecule has 3 fully saturated rings. The Labute approximate surface area is 165 Å². The molecule has 148 valence electrons. The van der Waals surface area contributed by atoms with Crippen LogP contribution in [0, 0.1) is 11.8 Å². The molecule has 0 aromatic heterocycles. The summed E-state index contributed by atoms with van der Waals surface area (Å²) >= 11 is 0. The van der Waals surface area contributed by atoms with Gasteiger partial charge in [0.05, 0.1) is 0 Å². The van der Waals surface area contributed by atoms with E-state index in [1.165, 1.54) is 76.6 Å². The van der Waals surface area contributed by atoms with Crippen molar-refractivity contribution in [3.05, 3.63) is 35.9 Å². The molecule has 3 heteroatoms. The van der Waals surface area contributed by atoms with E-state index in [9.17, 15) is 4.79 Å². The number of fused-ring (bicyclic) bond motifs is 1. The van der Waals surface area contributed by atoms with Gasteiger partial charge in [-0.1, -0.05) is 49.6 Å². The molecule has 2 heterocycles. The molecular formula is C24H36N2O. The molecule has 3 aliphatic rings. The van der Waals surface area contributed by atoms with E-state index < -0.39 is 0 Å². The maximum absolute atomic E-state index is 12.6. The number of piperidine rings is 2. The summed E-state index contributed by atoms with van der Waals surface area (Å²) < 4.78 is 0. The minimum Gasteiger partial charge on any atom is -0.339 e. The SMILES string of the molecule is O=C1CC[C@@H]2CN(CCCc3ccccc3)CC[C@@H]2N1CC1CCCCC1. The molecule has 27 heavy (non-hydrogen) atoms. The first kappa shape index (κ1) is 19.0. The van der Waals surface area contributed by atoms with Gasteiger partial charge >= 0.3 is 0 Å². The predicted molar refractivity (Wildman–Crippen MR) is 111 cm³/mol. The van der Waals surface area contributed by atoms with Gasteiger partial charge in [0.15, 0.2) is 0 Å². The average molecular weight is 369 g/mol. The van der Waals surface area contributed by atoms with Gasteiger partial charge in [-0.25, -0.2) is 0 Å². The number of hydrogen-bond donors (Lipinski definition) is 0. The first-order valence-corrected chi connectivity index (χ1v) is 11.4. The Bertz CT molecular complexity index is 596. The summed E-state index contributed by atoms with van der Waals surface area (Å²) in [4.78, 5) is 17.6. The van der Waals surface area contributed by atoms with E-state index in [1.54, 1.807) is 0 Å². The van der Waals surface area contributed by atoms with Crippen LogP contribution in [-0.2, 0) is 11.2 Å². The number of carbonyl (C=O) groups excluding carboxylic acids is 1. The number of aryl methyl sites for hydroxylation is 1. The molecular weight excluding hydrogens is 332 g/mol. The Morgan fingerprint density at radius 1 is 0.963 bits per heavy atom. The zero-order valence-corrected chi connectivity index (χ0v) is 16.8. The van der Waals surface area contributed by atoms with E-state index in [4.69, 9.17) is 0 Å². The number of benzene rings is 1. The molecule has 1 amide bonds. The van der Waals surface area contributed by atoms with Crippen LogP contribution >= 0.6 is 0 Å². The van der Waals surface area contributed by atoms with Crippen LogP contribution < -0.4 is 0 Å². The fourth-order valence-corrected chi connectivity index (χ4v) is 5.67. The van der Waals surface area contributed by atoms with Crippen LogP contribution in [0.1, 0.15) is 63.4 Å². The third-order valence-electron chi connectivity index (χ3n) is 7.19. The van der Waals surface area contributed by atoms with Crippen LogP contribution in [0.15, 0.2) is 30.3 Å². The normalized spacial score (nSPS) is 27.6. The predicted octanol–water partition coefficient (Wildman–Crippen LogP) is 4.51. The van der Waals surface area contributed by atoms with E-state index in [-0.39, 0.29) is 0 Å². The highest BCUT2D eigenvalue weighted by Crippen LogP contribution is 2.34. The number of rotatable bonds is 6. The van der Waals surface area contributed by atoms with Crippen LogP contribution in [0.5, 0.6) is 0 Å². The number of hydrogen-bond acceptors (Lipinski definition) is 2. The summed E-state index contributed by atoms with van der Waals surface area (Å²) in [5, 5.41) is 0. The van der Waals surface area contributed by atoms with E-state index in [0.717, 1.165) is 25.3 Å². The van der Waals surface area contributed by atoms with Crippen LogP contribution in [0.3, 0.4) is 0 Å². The first-order valence-electron chi connectivity index (χ1n) is 11.4. The third kappa shape index (κ3) is 4.93. The summed E-state index contributed by atoms with van der Waals surface area (Å²) in [7, 11) is 0. The second-order valence-corrected chi connectivity index (χ2v) is 9.09. The quantitative estimate of drug-likeness (QED) is 0.737. The van der Waals surface area contributed by atoms with Gasteiger partial charge < -0.3 is 9.80 Å². The molecule has 2 atom stereocenters. The molecule has 1 saturated carbocycles. The summed E-state index contributed by atoms with van der Waals surface area (Å²) in [6.07, 6.45) is 12.3. The number of likely N-dealkylation sites (tertiary alicyclic amines) is 2. The minimum atomic E-state index is 0.444. The fraction of sp³-hybridized carbons (Fsp3) is 0.708. The summed E-state index contributed by atoms with van der Waals surface area (Å²) in [6, 6.07) is 11.4. The highest BCUT2D eigenvalue weighted by Gasteiger charge is 2.39. The lowest BCUT2D eigenvalue weighted by Crippen LogP contribution is -2.57. The molecule has 0 bridgehead atoms. The smallest absolute Gasteiger partial charge is 0.222 e. The highest BCUT2D eigenvalue weighted by atomic mass is 16.2. The van der Waals surface area contributed by atoms with Crippen molar-refractivity contribution in [2.75, 3.05) is 26.2 Å².